The lowest BCUT2D eigenvalue weighted by molar-refractivity contribution is -0.163. The van der Waals surface area contributed by atoms with E-state index in [0.717, 1.165) is 6.42 Å². The third-order valence-electron chi connectivity index (χ3n) is 7.07. The van der Waals surface area contributed by atoms with Crippen molar-refractivity contribution >= 4 is 20.3 Å². The molecule has 0 saturated carbocycles. The van der Waals surface area contributed by atoms with Crippen molar-refractivity contribution < 1.29 is 23.5 Å². The Bertz CT molecular complexity index is 580. The summed E-state index contributed by atoms with van der Waals surface area (Å²) in [5, 5.41) is 0.142. The van der Waals surface area contributed by atoms with Crippen LogP contribution in [0.25, 0.3) is 0 Å². The van der Waals surface area contributed by atoms with Gasteiger partial charge in [0.1, 0.15) is 11.8 Å². The molecule has 5 nitrogen and oxygen atoms in total. The molecule has 0 aromatic carbocycles. The van der Waals surface area contributed by atoms with Crippen LogP contribution < -0.4 is 0 Å². The number of carbonyl (C=O) groups excluding carboxylic acids is 2. The van der Waals surface area contributed by atoms with E-state index in [1.165, 1.54) is 0 Å². The molecular weight excluding hydrogens is 324 g/mol. The van der Waals surface area contributed by atoms with Crippen molar-refractivity contribution in [1.29, 1.82) is 0 Å². The molecule has 0 radical (unpaired) electrons. The van der Waals surface area contributed by atoms with E-state index < -0.39 is 43.3 Å². The van der Waals surface area contributed by atoms with Crippen LogP contribution in [0.4, 0.5) is 0 Å². The Morgan fingerprint density at radius 3 is 2.38 bits per heavy atom. The van der Waals surface area contributed by atoms with E-state index in [4.69, 9.17) is 13.9 Å². The summed E-state index contributed by atoms with van der Waals surface area (Å²) in [6.45, 7) is 15.7. The highest BCUT2D eigenvalue weighted by Gasteiger charge is 2.75. The molecule has 3 fully saturated rings. The van der Waals surface area contributed by atoms with Gasteiger partial charge in [-0.15, -0.1) is 0 Å². The van der Waals surface area contributed by atoms with Gasteiger partial charge in [-0.25, -0.2) is 0 Å². The van der Waals surface area contributed by atoms with Crippen LogP contribution in [0.5, 0.6) is 0 Å². The summed E-state index contributed by atoms with van der Waals surface area (Å²) in [4.78, 5) is 24.4. The summed E-state index contributed by atoms with van der Waals surface area (Å²) in [6.07, 6.45) is 1.43. The lowest BCUT2D eigenvalue weighted by Crippen LogP contribution is -2.47. The molecule has 6 heteroatoms. The molecule has 3 heterocycles. The van der Waals surface area contributed by atoms with Crippen LogP contribution in [0.2, 0.25) is 18.1 Å². The molecule has 0 aromatic heterocycles. The zero-order valence-corrected chi connectivity index (χ0v) is 16.9. The number of fused-ring (bicyclic) bond motifs is 5. The van der Waals surface area contributed by atoms with Crippen LogP contribution >= 0.6 is 0 Å². The Morgan fingerprint density at radius 1 is 1.21 bits per heavy atom. The molecule has 5 atom stereocenters. The van der Waals surface area contributed by atoms with Gasteiger partial charge >= 0.3 is 11.9 Å². The summed E-state index contributed by atoms with van der Waals surface area (Å²) < 4.78 is 17.6. The standard InChI is InChI=1S/C18H30O5Si/c1-11-10-18(8-9-21-24(6,7)16(2,3)4)13-12(17(11,5)23-18)14(19)22-15(13)20/h11-13H,8-10H2,1-7H3/t11-,12-,13+,17-,18+/m1/s1. The molecule has 136 valence electrons. The van der Waals surface area contributed by atoms with Crippen molar-refractivity contribution in [3.63, 3.8) is 0 Å². The zero-order valence-electron chi connectivity index (χ0n) is 15.9. The summed E-state index contributed by atoms with van der Waals surface area (Å²) in [5.74, 6) is -1.51. The smallest absolute Gasteiger partial charge is 0.320 e. The predicted molar refractivity (Wildman–Crippen MR) is 91.8 cm³/mol. The lowest BCUT2D eigenvalue weighted by Gasteiger charge is -2.38. The Morgan fingerprint density at radius 2 is 1.79 bits per heavy atom. The van der Waals surface area contributed by atoms with Crippen LogP contribution in [0, 0.1) is 17.8 Å². The molecule has 0 amide bonds. The molecule has 0 unspecified atom stereocenters. The van der Waals surface area contributed by atoms with Gasteiger partial charge in [-0.2, -0.15) is 0 Å². The number of cyclic esters (lactones) is 2. The topological polar surface area (TPSA) is 61.8 Å². The third-order valence-corrected chi connectivity index (χ3v) is 11.6. The minimum absolute atomic E-state index is 0.142. The second-order valence-electron chi connectivity index (χ2n) is 9.51. The summed E-state index contributed by atoms with van der Waals surface area (Å²) >= 11 is 0. The molecule has 3 aliphatic heterocycles. The fraction of sp³-hybridized carbons (Fsp3) is 0.889. The van der Waals surface area contributed by atoms with Gasteiger partial charge in [0, 0.05) is 6.61 Å². The van der Waals surface area contributed by atoms with Crippen molar-refractivity contribution in [3.8, 4) is 0 Å². The van der Waals surface area contributed by atoms with Gasteiger partial charge in [0.05, 0.1) is 11.2 Å². The molecule has 3 aliphatic rings. The SMILES string of the molecule is C[C@@H]1C[C@]2(CCO[Si](C)(C)C(C)(C)C)O[C@@]1(C)[C@H]1C(=O)OC(=O)[C@H]12. The predicted octanol–water partition coefficient (Wildman–Crippen LogP) is 3.28. The maximum atomic E-state index is 12.3. The lowest BCUT2D eigenvalue weighted by atomic mass is 9.63. The normalized spacial score (nSPS) is 41.7. The van der Waals surface area contributed by atoms with Crippen molar-refractivity contribution in [2.45, 2.75) is 76.8 Å². The monoisotopic (exact) mass is 354 g/mol. The number of hydrogen-bond acceptors (Lipinski definition) is 5. The van der Waals surface area contributed by atoms with Gasteiger partial charge in [-0.1, -0.05) is 27.7 Å². The second-order valence-corrected chi connectivity index (χ2v) is 14.3. The molecule has 24 heavy (non-hydrogen) atoms. The number of ether oxygens (including phenoxy) is 2. The second kappa shape index (κ2) is 5.14. The average Bonchev–Trinajstić information content (AvgIpc) is 2.94. The quantitative estimate of drug-likeness (QED) is 0.440. The molecule has 0 spiro atoms. The molecular formula is C18H30O5Si. The summed E-state index contributed by atoms with van der Waals surface area (Å²) in [7, 11) is -1.85. The van der Waals surface area contributed by atoms with Crippen molar-refractivity contribution in [3.05, 3.63) is 0 Å². The van der Waals surface area contributed by atoms with Gasteiger partial charge < -0.3 is 13.9 Å². The van der Waals surface area contributed by atoms with Gasteiger partial charge in [0.25, 0.3) is 0 Å². The maximum Gasteiger partial charge on any atom is 0.320 e. The first-order valence-corrected chi connectivity index (χ1v) is 11.8. The van der Waals surface area contributed by atoms with Crippen molar-refractivity contribution in [2.75, 3.05) is 6.61 Å². The molecule has 2 bridgehead atoms. The van der Waals surface area contributed by atoms with Crippen molar-refractivity contribution in [1.82, 2.24) is 0 Å². The van der Waals surface area contributed by atoms with Gasteiger partial charge in [0.15, 0.2) is 8.32 Å². The average molecular weight is 355 g/mol. The van der Waals surface area contributed by atoms with Crippen molar-refractivity contribution in [2.24, 2.45) is 17.8 Å². The van der Waals surface area contributed by atoms with E-state index in [0.29, 0.717) is 13.0 Å². The highest BCUT2D eigenvalue weighted by atomic mass is 28.4. The minimum Gasteiger partial charge on any atom is -0.417 e. The van der Waals surface area contributed by atoms with Crippen LogP contribution in [0.15, 0.2) is 0 Å². The number of esters is 2. The first kappa shape index (κ1) is 18.1. The highest BCUT2D eigenvalue weighted by molar-refractivity contribution is 6.74. The molecule has 3 saturated heterocycles. The first-order chi connectivity index (χ1) is 10.8. The van der Waals surface area contributed by atoms with E-state index >= 15 is 0 Å². The molecule has 0 N–H and O–H groups in total. The summed E-state index contributed by atoms with van der Waals surface area (Å²) in [6, 6.07) is 0. The van der Waals surface area contributed by atoms with Crippen LogP contribution in [0.1, 0.15) is 47.5 Å². The van der Waals surface area contributed by atoms with E-state index in [9.17, 15) is 9.59 Å². The Labute approximate surface area is 145 Å². The Balaban J connectivity index is 1.78. The Kier molecular flexibility index (Phi) is 3.88. The van der Waals surface area contributed by atoms with E-state index in [1.807, 2.05) is 6.92 Å². The zero-order chi connectivity index (χ0) is 18.1. The minimum atomic E-state index is -1.85. The van der Waals surface area contributed by atoms with Crippen LogP contribution in [-0.4, -0.2) is 38.1 Å². The van der Waals surface area contributed by atoms with Gasteiger partial charge in [-0.3, -0.25) is 9.59 Å². The van der Waals surface area contributed by atoms with Gasteiger partial charge in [-0.05, 0) is 43.8 Å². The van der Waals surface area contributed by atoms with E-state index in [2.05, 4.69) is 40.8 Å². The Hall–Kier alpha value is -0.723. The fourth-order valence-corrected chi connectivity index (χ4v) is 5.49. The maximum absolute atomic E-state index is 12.3. The number of carbonyl (C=O) groups is 2. The van der Waals surface area contributed by atoms with E-state index in [1.54, 1.807) is 0 Å². The summed E-state index contributed by atoms with van der Waals surface area (Å²) in [5.41, 5.74) is -1.20. The van der Waals surface area contributed by atoms with Crippen LogP contribution in [0.3, 0.4) is 0 Å². The molecule has 0 aliphatic carbocycles. The number of hydrogen-bond donors (Lipinski definition) is 0. The van der Waals surface area contributed by atoms with E-state index in [-0.39, 0.29) is 11.0 Å². The van der Waals surface area contributed by atoms with Gasteiger partial charge in [0.2, 0.25) is 0 Å². The largest absolute Gasteiger partial charge is 0.417 e. The molecule has 0 aromatic rings. The highest BCUT2D eigenvalue weighted by Crippen LogP contribution is 2.63. The number of rotatable bonds is 4. The first-order valence-electron chi connectivity index (χ1n) is 8.94. The third kappa shape index (κ3) is 2.33. The molecule has 3 rings (SSSR count). The fourth-order valence-electron chi connectivity index (χ4n) is 4.45. The van der Waals surface area contributed by atoms with Crippen LogP contribution in [-0.2, 0) is 23.5 Å².